The molecule has 0 aliphatic heterocycles. The van der Waals surface area contributed by atoms with E-state index in [1.165, 1.54) is 0 Å². The number of hydrogen-bond acceptors (Lipinski definition) is 6. The maximum absolute atomic E-state index is 10.8. The normalized spacial score (nSPS) is 9.45. The Kier molecular flexibility index (Phi) is 5.67. The van der Waals surface area contributed by atoms with Crippen LogP contribution in [0.15, 0.2) is 18.2 Å². The molecule has 1 heterocycles. The molecule has 0 spiro atoms. The molecule has 0 fully saturated rings. The van der Waals surface area contributed by atoms with Gasteiger partial charge in [0.2, 0.25) is 0 Å². The zero-order valence-corrected chi connectivity index (χ0v) is 11.8. The van der Waals surface area contributed by atoms with E-state index < -0.39 is 0 Å². The SMILES string of the molecule is CO.COc1cccc(-n2nnc(C=O)c2C)c1OC. The first kappa shape index (κ1) is 15.6. The van der Waals surface area contributed by atoms with Gasteiger partial charge in [0, 0.05) is 7.11 Å². The van der Waals surface area contributed by atoms with Crippen LogP contribution in [0.3, 0.4) is 0 Å². The second-order valence-corrected chi connectivity index (χ2v) is 3.60. The predicted octanol–water partition coefficient (Wildman–Crippen LogP) is 1.01. The molecule has 20 heavy (non-hydrogen) atoms. The molecule has 0 aliphatic carbocycles. The monoisotopic (exact) mass is 279 g/mol. The number of para-hydroxylation sites is 1. The molecule has 0 aliphatic rings. The van der Waals surface area contributed by atoms with Crippen LogP contribution in [0.2, 0.25) is 0 Å². The summed E-state index contributed by atoms with van der Waals surface area (Å²) < 4.78 is 12.1. The molecule has 2 rings (SSSR count). The van der Waals surface area contributed by atoms with Crippen LogP contribution in [-0.4, -0.2) is 47.7 Å². The first-order chi connectivity index (χ1) is 9.72. The number of ether oxygens (including phenoxy) is 2. The van der Waals surface area contributed by atoms with Gasteiger partial charge in [0.1, 0.15) is 11.4 Å². The Morgan fingerprint density at radius 2 is 1.95 bits per heavy atom. The van der Waals surface area contributed by atoms with E-state index in [1.54, 1.807) is 31.9 Å². The zero-order chi connectivity index (χ0) is 15.1. The molecule has 0 saturated heterocycles. The van der Waals surface area contributed by atoms with E-state index in [9.17, 15) is 4.79 Å². The van der Waals surface area contributed by atoms with Gasteiger partial charge in [0.25, 0.3) is 0 Å². The van der Waals surface area contributed by atoms with E-state index in [4.69, 9.17) is 14.6 Å². The van der Waals surface area contributed by atoms with Gasteiger partial charge in [-0.05, 0) is 19.1 Å². The quantitative estimate of drug-likeness (QED) is 0.841. The summed E-state index contributed by atoms with van der Waals surface area (Å²) in [5, 5.41) is 14.7. The summed E-state index contributed by atoms with van der Waals surface area (Å²) in [6, 6.07) is 5.42. The largest absolute Gasteiger partial charge is 0.493 e. The summed E-state index contributed by atoms with van der Waals surface area (Å²) in [7, 11) is 4.11. The summed E-state index contributed by atoms with van der Waals surface area (Å²) >= 11 is 0. The zero-order valence-electron chi connectivity index (χ0n) is 11.8. The third kappa shape index (κ3) is 2.77. The van der Waals surface area contributed by atoms with Crippen molar-refractivity contribution in [3.8, 4) is 17.2 Å². The van der Waals surface area contributed by atoms with Crippen LogP contribution < -0.4 is 9.47 Å². The molecule has 7 nitrogen and oxygen atoms in total. The summed E-state index contributed by atoms with van der Waals surface area (Å²) in [5.41, 5.74) is 1.63. The van der Waals surface area contributed by atoms with Gasteiger partial charge >= 0.3 is 0 Å². The van der Waals surface area contributed by atoms with Gasteiger partial charge in [-0.15, -0.1) is 5.10 Å². The summed E-state index contributed by atoms with van der Waals surface area (Å²) in [5.74, 6) is 1.14. The lowest BCUT2D eigenvalue weighted by Crippen LogP contribution is -2.03. The molecule has 0 unspecified atom stereocenters. The molecule has 0 radical (unpaired) electrons. The number of carbonyl (C=O) groups is 1. The standard InChI is InChI=1S/C12H13N3O3.CH4O/c1-8-9(7-16)13-14-15(8)10-5-4-6-11(17-2)12(10)18-3;1-2/h4-7H,1-3H3;2H,1H3. The van der Waals surface area contributed by atoms with Gasteiger partial charge < -0.3 is 14.6 Å². The van der Waals surface area contributed by atoms with Crippen molar-refractivity contribution in [1.82, 2.24) is 15.0 Å². The number of aliphatic hydroxyl groups is 1. The van der Waals surface area contributed by atoms with E-state index in [2.05, 4.69) is 10.3 Å². The molecule has 1 aromatic carbocycles. The predicted molar refractivity (Wildman–Crippen MR) is 72.7 cm³/mol. The molecule has 0 saturated carbocycles. The molecular weight excluding hydrogens is 262 g/mol. The summed E-state index contributed by atoms with van der Waals surface area (Å²) in [4.78, 5) is 10.8. The Morgan fingerprint density at radius 3 is 2.45 bits per heavy atom. The highest BCUT2D eigenvalue weighted by atomic mass is 16.5. The lowest BCUT2D eigenvalue weighted by molar-refractivity contribution is 0.111. The maximum Gasteiger partial charge on any atom is 0.186 e. The topological polar surface area (TPSA) is 86.5 Å². The minimum Gasteiger partial charge on any atom is -0.493 e. The summed E-state index contributed by atoms with van der Waals surface area (Å²) in [6.07, 6.45) is 0.672. The number of aliphatic hydroxyl groups excluding tert-OH is 1. The highest BCUT2D eigenvalue weighted by Crippen LogP contribution is 2.33. The van der Waals surface area contributed by atoms with E-state index in [1.807, 2.05) is 12.1 Å². The Bertz CT molecular complexity index is 581. The van der Waals surface area contributed by atoms with Crippen LogP contribution in [-0.2, 0) is 0 Å². The average molecular weight is 279 g/mol. The van der Waals surface area contributed by atoms with Crippen LogP contribution in [0.5, 0.6) is 11.5 Å². The summed E-state index contributed by atoms with van der Waals surface area (Å²) in [6.45, 7) is 1.77. The lowest BCUT2D eigenvalue weighted by atomic mass is 10.2. The van der Waals surface area contributed by atoms with Crippen molar-refractivity contribution in [1.29, 1.82) is 0 Å². The van der Waals surface area contributed by atoms with Crippen molar-refractivity contribution in [3.05, 3.63) is 29.6 Å². The number of nitrogens with zero attached hydrogens (tertiary/aromatic N) is 3. The van der Waals surface area contributed by atoms with E-state index in [0.29, 0.717) is 34.9 Å². The number of rotatable bonds is 4. The molecule has 0 amide bonds. The highest BCUT2D eigenvalue weighted by Gasteiger charge is 2.16. The Labute approximate surface area is 116 Å². The number of aldehydes is 1. The van der Waals surface area contributed by atoms with Crippen LogP contribution in [0.1, 0.15) is 16.2 Å². The maximum atomic E-state index is 10.8. The lowest BCUT2D eigenvalue weighted by Gasteiger charge is -2.12. The first-order valence-electron chi connectivity index (χ1n) is 5.76. The second kappa shape index (κ2) is 7.25. The number of hydrogen-bond donors (Lipinski definition) is 1. The van der Waals surface area contributed by atoms with Gasteiger partial charge in [-0.2, -0.15) is 0 Å². The van der Waals surface area contributed by atoms with Crippen molar-refractivity contribution < 1.29 is 19.4 Å². The van der Waals surface area contributed by atoms with Crippen molar-refractivity contribution in [2.75, 3.05) is 21.3 Å². The second-order valence-electron chi connectivity index (χ2n) is 3.60. The molecule has 108 valence electrons. The molecule has 0 bridgehead atoms. The third-order valence-corrected chi connectivity index (χ3v) is 2.65. The average Bonchev–Trinajstić information content (AvgIpc) is 2.89. The van der Waals surface area contributed by atoms with Crippen LogP contribution >= 0.6 is 0 Å². The fourth-order valence-electron chi connectivity index (χ4n) is 1.72. The van der Waals surface area contributed by atoms with Crippen molar-refractivity contribution in [2.24, 2.45) is 0 Å². The van der Waals surface area contributed by atoms with Crippen LogP contribution in [0.25, 0.3) is 5.69 Å². The van der Waals surface area contributed by atoms with Crippen LogP contribution in [0, 0.1) is 6.92 Å². The van der Waals surface area contributed by atoms with Gasteiger partial charge in [0.05, 0.1) is 19.9 Å². The number of benzene rings is 1. The molecule has 7 heteroatoms. The van der Waals surface area contributed by atoms with Crippen molar-refractivity contribution in [2.45, 2.75) is 6.92 Å². The Balaban J connectivity index is 0.000000956. The minimum atomic E-state index is 0.305. The third-order valence-electron chi connectivity index (χ3n) is 2.65. The Hall–Kier alpha value is -2.41. The number of aromatic nitrogens is 3. The molecule has 2 aromatic rings. The van der Waals surface area contributed by atoms with Gasteiger partial charge in [-0.1, -0.05) is 11.3 Å². The smallest absolute Gasteiger partial charge is 0.186 e. The van der Waals surface area contributed by atoms with Gasteiger partial charge in [-0.3, -0.25) is 4.79 Å². The Morgan fingerprint density at radius 1 is 1.25 bits per heavy atom. The fraction of sp³-hybridized carbons (Fsp3) is 0.308. The van der Waals surface area contributed by atoms with E-state index in [-0.39, 0.29) is 0 Å². The van der Waals surface area contributed by atoms with Gasteiger partial charge in [0.15, 0.2) is 17.8 Å². The first-order valence-corrected chi connectivity index (χ1v) is 5.76. The minimum absolute atomic E-state index is 0.305. The number of carbonyl (C=O) groups excluding carboxylic acids is 1. The van der Waals surface area contributed by atoms with E-state index in [0.717, 1.165) is 7.11 Å². The highest BCUT2D eigenvalue weighted by molar-refractivity contribution is 5.73. The molecular formula is C13H17N3O4. The molecule has 1 N–H and O–H groups in total. The van der Waals surface area contributed by atoms with Crippen LogP contribution in [0.4, 0.5) is 0 Å². The molecule has 0 atom stereocenters. The fourth-order valence-corrected chi connectivity index (χ4v) is 1.72. The van der Waals surface area contributed by atoms with Crippen molar-refractivity contribution >= 4 is 6.29 Å². The number of methoxy groups -OCH3 is 2. The van der Waals surface area contributed by atoms with Gasteiger partial charge in [-0.25, -0.2) is 4.68 Å². The van der Waals surface area contributed by atoms with E-state index >= 15 is 0 Å². The van der Waals surface area contributed by atoms with Crippen molar-refractivity contribution in [3.63, 3.8) is 0 Å². The molecule has 1 aromatic heterocycles.